The van der Waals surface area contributed by atoms with Crippen LogP contribution in [0.15, 0.2) is 68.9 Å². The molecule has 1 saturated carbocycles. The Hall–Kier alpha value is -0.830. The molecular formula is C21H23I. The third-order valence-corrected chi connectivity index (χ3v) is 6.81. The van der Waals surface area contributed by atoms with Gasteiger partial charge in [0.2, 0.25) is 0 Å². The predicted octanol–water partition coefficient (Wildman–Crippen LogP) is 6.30. The van der Waals surface area contributed by atoms with E-state index in [1.165, 1.54) is 34.0 Å². The molecule has 1 fully saturated rings. The van der Waals surface area contributed by atoms with E-state index < -0.39 is 0 Å². The van der Waals surface area contributed by atoms with Gasteiger partial charge < -0.3 is 0 Å². The third-order valence-electron chi connectivity index (χ3n) is 6.01. The number of halogens is 1. The second-order valence-electron chi connectivity index (χ2n) is 7.55. The van der Waals surface area contributed by atoms with Gasteiger partial charge in [-0.05, 0) is 73.8 Å². The molecular weight excluding hydrogens is 379 g/mol. The van der Waals surface area contributed by atoms with Crippen LogP contribution in [0.2, 0.25) is 0 Å². The third kappa shape index (κ3) is 2.24. The van der Waals surface area contributed by atoms with Crippen molar-refractivity contribution in [1.29, 1.82) is 0 Å². The van der Waals surface area contributed by atoms with Crippen LogP contribution >= 0.6 is 22.6 Å². The van der Waals surface area contributed by atoms with Crippen molar-refractivity contribution in [2.75, 3.05) is 0 Å². The van der Waals surface area contributed by atoms with Gasteiger partial charge in [-0.15, -0.1) is 0 Å². The molecule has 4 aliphatic carbocycles. The fourth-order valence-electron chi connectivity index (χ4n) is 4.68. The maximum atomic E-state index is 2.59. The molecule has 0 saturated heterocycles. The lowest BCUT2D eigenvalue weighted by molar-refractivity contribution is 0.217. The summed E-state index contributed by atoms with van der Waals surface area (Å²) >= 11 is 2.51. The van der Waals surface area contributed by atoms with Gasteiger partial charge in [0.25, 0.3) is 0 Å². The zero-order chi connectivity index (χ0) is 15.3. The molecule has 0 aromatic carbocycles. The SMILES string of the molecule is CC1(C)C2CC(I)=CC=C2C2C=CC(C3=CC=CCC3)=CC21. The molecule has 3 unspecified atom stereocenters. The van der Waals surface area contributed by atoms with Crippen LogP contribution in [0.5, 0.6) is 0 Å². The predicted molar refractivity (Wildman–Crippen MR) is 103 cm³/mol. The van der Waals surface area contributed by atoms with E-state index in [0.29, 0.717) is 23.2 Å². The number of hydrogen-bond acceptors (Lipinski definition) is 0. The van der Waals surface area contributed by atoms with Crippen molar-refractivity contribution in [3.05, 3.63) is 68.9 Å². The Kier molecular flexibility index (Phi) is 3.60. The highest BCUT2D eigenvalue weighted by Crippen LogP contribution is 2.60. The van der Waals surface area contributed by atoms with Crippen LogP contribution in [0.1, 0.15) is 33.1 Å². The number of rotatable bonds is 1. The van der Waals surface area contributed by atoms with E-state index in [4.69, 9.17) is 0 Å². The smallest absolute Gasteiger partial charge is 0.00548 e. The summed E-state index contributed by atoms with van der Waals surface area (Å²) in [5.74, 6) is 1.97. The van der Waals surface area contributed by atoms with Gasteiger partial charge in [-0.2, -0.15) is 0 Å². The summed E-state index contributed by atoms with van der Waals surface area (Å²) < 4.78 is 1.51. The van der Waals surface area contributed by atoms with E-state index in [1.807, 2.05) is 0 Å². The van der Waals surface area contributed by atoms with Gasteiger partial charge in [0.15, 0.2) is 0 Å². The highest BCUT2D eigenvalue weighted by atomic mass is 127. The van der Waals surface area contributed by atoms with Gasteiger partial charge in [0, 0.05) is 5.92 Å². The van der Waals surface area contributed by atoms with Gasteiger partial charge in [0.1, 0.15) is 0 Å². The van der Waals surface area contributed by atoms with Crippen LogP contribution in [-0.2, 0) is 0 Å². The van der Waals surface area contributed by atoms with Crippen molar-refractivity contribution < 1.29 is 0 Å². The number of hydrogen-bond donors (Lipinski definition) is 0. The molecule has 22 heavy (non-hydrogen) atoms. The van der Waals surface area contributed by atoms with E-state index in [0.717, 1.165) is 0 Å². The maximum Gasteiger partial charge on any atom is 0.00548 e. The molecule has 0 spiro atoms. The normalized spacial score (nSPS) is 35.1. The topological polar surface area (TPSA) is 0 Å². The van der Waals surface area contributed by atoms with E-state index in [1.54, 1.807) is 5.57 Å². The van der Waals surface area contributed by atoms with Gasteiger partial charge >= 0.3 is 0 Å². The summed E-state index contributed by atoms with van der Waals surface area (Å²) in [6.07, 6.45) is 22.6. The maximum absolute atomic E-state index is 2.59. The second kappa shape index (κ2) is 5.36. The van der Waals surface area contributed by atoms with Crippen molar-refractivity contribution in [2.45, 2.75) is 33.1 Å². The fourth-order valence-corrected chi connectivity index (χ4v) is 5.31. The van der Waals surface area contributed by atoms with Crippen molar-refractivity contribution in [3.63, 3.8) is 0 Å². The lowest BCUT2D eigenvalue weighted by Gasteiger charge is -2.34. The first-order chi connectivity index (χ1) is 10.6. The largest absolute Gasteiger partial charge is 0.0842 e. The minimum atomic E-state index is 0.349. The van der Waals surface area contributed by atoms with E-state index in [-0.39, 0.29) is 0 Å². The molecule has 3 atom stereocenters. The van der Waals surface area contributed by atoms with E-state index in [2.05, 4.69) is 85.0 Å². The second-order valence-corrected chi connectivity index (χ2v) is 8.94. The molecule has 0 aromatic heterocycles. The Morgan fingerprint density at radius 1 is 1.18 bits per heavy atom. The van der Waals surface area contributed by atoms with Crippen LogP contribution in [0.3, 0.4) is 0 Å². The minimum absolute atomic E-state index is 0.349. The van der Waals surface area contributed by atoms with Gasteiger partial charge in [-0.1, -0.05) is 68.0 Å². The number of allylic oxidation sites excluding steroid dienone is 12. The summed E-state index contributed by atoms with van der Waals surface area (Å²) in [6, 6.07) is 0. The highest BCUT2D eigenvalue weighted by Gasteiger charge is 2.51. The van der Waals surface area contributed by atoms with Crippen LogP contribution in [-0.4, -0.2) is 0 Å². The standard InChI is InChI=1S/C21H23I/c1-21(2)19-12-15(14-6-4-3-5-7-14)8-10-17(19)18-11-9-16(22)13-20(18)21/h3-4,6,8-12,17,19-20H,5,7,13H2,1-2H3. The van der Waals surface area contributed by atoms with Crippen molar-refractivity contribution in [3.8, 4) is 0 Å². The molecule has 4 rings (SSSR count). The Labute approximate surface area is 147 Å². The quantitative estimate of drug-likeness (QED) is 0.452. The molecule has 0 heterocycles. The van der Waals surface area contributed by atoms with Crippen LogP contribution in [0, 0.1) is 23.2 Å². The van der Waals surface area contributed by atoms with Crippen LogP contribution < -0.4 is 0 Å². The van der Waals surface area contributed by atoms with Crippen LogP contribution in [0.4, 0.5) is 0 Å². The van der Waals surface area contributed by atoms with E-state index >= 15 is 0 Å². The molecule has 0 amide bonds. The molecule has 1 heteroatoms. The first-order valence-electron chi connectivity index (χ1n) is 8.39. The molecule has 0 bridgehead atoms. The number of fused-ring (bicyclic) bond motifs is 3. The first-order valence-corrected chi connectivity index (χ1v) is 9.47. The molecule has 0 N–H and O–H groups in total. The van der Waals surface area contributed by atoms with Crippen LogP contribution in [0.25, 0.3) is 0 Å². The van der Waals surface area contributed by atoms with Crippen molar-refractivity contribution in [2.24, 2.45) is 23.2 Å². The molecule has 0 aromatic rings. The minimum Gasteiger partial charge on any atom is -0.0842 e. The zero-order valence-corrected chi connectivity index (χ0v) is 15.5. The summed E-state index contributed by atoms with van der Waals surface area (Å²) in [5, 5.41) is 0. The summed E-state index contributed by atoms with van der Waals surface area (Å²) in [7, 11) is 0. The first kappa shape index (κ1) is 14.7. The highest BCUT2D eigenvalue weighted by molar-refractivity contribution is 14.1. The molecule has 0 nitrogen and oxygen atoms in total. The van der Waals surface area contributed by atoms with Gasteiger partial charge in [-0.3, -0.25) is 0 Å². The Balaban J connectivity index is 1.72. The van der Waals surface area contributed by atoms with E-state index in [9.17, 15) is 0 Å². The molecule has 0 aliphatic heterocycles. The molecule has 114 valence electrons. The average molecular weight is 402 g/mol. The molecule has 4 aliphatic rings. The lowest BCUT2D eigenvalue weighted by Crippen LogP contribution is -2.27. The van der Waals surface area contributed by atoms with Crippen molar-refractivity contribution >= 4 is 22.6 Å². The summed E-state index contributed by atoms with van der Waals surface area (Å²) in [4.78, 5) is 0. The monoisotopic (exact) mass is 402 g/mol. The Morgan fingerprint density at radius 3 is 2.82 bits per heavy atom. The zero-order valence-electron chi connectivity index (χ0n) is 13.4. The molecule has 0 radical (unpaired) electrons. The van der Waals surface area contributed by atoms with Gasteiger partial charge in [0.05, 0.1) is 0 Å². The van der Waals surface area contributed by atoms with Crippen molar-refractivity contribution in [1.82, 2.24) is 0 Å². The average Bonchev–Trinajstić information content (AvgIpc) is 2.76. The van der Waals surface area contributed by atoms with Gasteiger partial charge in [-0.25, -0.2) is 0 Å². The lowest BCUT2D eigenvalue weighted by atomic mass is 9.70. The Bertz CT molecular complexity index is 679. The summed E-state index contributed by atoms with van der Waals surface area (Å²) in [5.41, 5.74) is 5.01. The summed E-state index contributed by atoms with van der Waals surface area (Å²) in [6.45, 7) is 4.96. The fraction of sp³-hybridized carbons (Fsp3) is 0.429. The Morgan fingerprint density at radius 2 is 2.05 bits per heavy atom.